The molecule has 138 valence electrons. The summed E-state index contributed by atoms with van der Waals surface area (Å²) in [6.45, 7) is 4.83. The van der Waals surface area contributed by atoms with Crippen molar-refractivity contribution >= 4 is 23.7 Å². The molecule has 0 fully saturated rings. The van der Waals surface area contributed by atoms with Crippen molar-refractivity contribution in [3.05, 3.63) is 0 Å². The minimum absolute atomic E-state index is 0.00300. The lowest BCUT2D eigenvalue weighted by atomic mass is 10.0. The largest absolute Gasteiger partial charge is 0.480 e. The highest BCUT2D eigenvalue weighted by molar-refractivity contribution is 5.93. The van der Waals surface area contributed by atoms with Crippen LogP contribution in [0.2, 0.25) is 0 Å². The number of carbonyl (C=O) groups is 4. The van der Waals surface area contributed by atoms with Gasteiger partial charge in [0.2, 0.25) is 17.7 Å². The molecule has 0 heterocycles. The average Bonchev–Trinajstić information content (AvgIpc) is 2.41. The summed E-state index contributed by atoms with van der Waals surface area (Å²) in [5.41, 5.74) is 10.5. The maximum Gasteiger partial charge on any atom is 0.328 e. The summed E-state index contributed by atoms with van der Waals surface area (Å²) < 4.78 is 0. The van der Waals surface area contributed by atoms with Crippen LogP contribution in [0, 0.1) is 5.92 Å². The van der Waals surface area contributed by atoms with Gasteiger partial charge in [-0.3, -0.25) is 14.4 Å². The number of aliphatic carboxylic acids is 1. The Morgan fingerprint density at radius 3 is 1.96 bits per heavy atom. The number of carboxylic acids is 1. The number of amides is 3. The highest BCUT2D eigenvalue weighted by Crippen LogP contribution is 2.07. The van der Waals surface area contributed by atoms with Crippen LogP contribution >= 0.6 is 0 Å². The molecule has 3 amide bonds. The minimum atomic E-state index is -1.51. The maximum absolute atomic E-state index is 12.2. The zero-order chi connectivity index (χ0) is 19.0. The predicted octanol–water partition coefficient (Wildman–Crippen LogP) is -2.33. The number of primary amides is 1. The number of rotatable bonds is 10. The molecular formula is C14H26N4O6. The van der Waals surface area contributed by atoms with E-state index in [4.69, 9.17) is 16.6 Å². The van der Waals surface area contributed by atoms with E-state index in [-0.39, 0.29) is 18.8 Å². The second kappa shape index (κ2) is 9.83. The van der Waals surface area contributed by atoms with Gasteiger partial charge in [-0.05, 0) is 19.3 Å². The van der Waals surface area contributed by atoms with Crippen molar-refractivity contribution in [1.82, 2.24) is 10.6 Å². The van der Waals surface area contributed by atoms with Crippen molar-refractivity contribution in [3.63, 3.8) is 0 Å². The average molecular weight is 346 g/mol. The fourth-order valence-corrected chi connectivity index (χ4v) is 1.93. The van der Waals surface area contributed by atoms with Crippen molar-refractivity contribution in [1.29, 1.82) is 0 Å². The van der Waals surface area contributed by atoms with Gasteiger partial charge in [0, 0.05) is 0 Å². The molecule has 24 heavy (non-hydrogen) atoms. The number of aliphatic hydroxyl groups is 1. The first-order valence-corrected chi connectivity index (χ1v) is 7.51. The standard InChI is InChI=1S/C14H26N4O6/c1-6(2)4-9(17-12(21)8(15)5-10(16)20)13(22)18-11(7(3)19)14(23)24/h6-9,11,19H,4-5,15H2,1-3H3,(H2,16,20)(H,17,21)(H,18,22)(H,23,24). The van der Waals surface area contributed by atoms with Gasteiger partial charge in [-0.2, -0.15) is 0 Å². The lowest BCUT2D eigenvalue weighted by molar-refractivity contribution is -0.145. The van der Waals surface area contributed by atoms with E-state index in [1.165, 1.54) is 6.92 Å². The first-order valence-electron chi connectivity index (χ1n) is 7.51. The Bertz CT molecular complexity index is 480. The second-order valence-corrected chi connectivity index (χ2v) is 6.03. The molecule has 4 atom stereocenters. The lowest BCUT2D eigenvalue weighted by Gasteiger charge is -2.24. The Balaban J connectivity index is 5.04. The van der Waals surface area contributed by atoms with Gasteiger partial charge in [0.25, 0.3) is 0 Å². The van der Waals surface area contributed by atoms with Crippen LogP contribution in [-0.2, 0) is 19.2 Å². The van der Waals surface area contributed by atoms with E-state index in [0.717, 1.165) is 0 Å². The number of carbonyl (C=O) groups excluding carboxylic acids is 3. The summed E-state index contributed by atoms with van der Waals surface area (Å²) in [4.78, 5) is 46.0. The summed E-state index contributed by atoms with van der Waals surface area (Å²) >= 11 is 0. The predicted molar refractivity (Wildman–Crippen MR) is 84.4 cm³/mol. The van der Waals surface area contributed by atoms with Crippen molar-refractivity contribution in [2.45, 2.75) is 57.8 Å². The van der Waals surface area contributed by atoms with Gasteiger partial charge >= 0.3 is 5.97 Å². The molecule has 0 aromatic rings. The third-order valence-corrected chi connectivity index (χ3v) is 3.14. The van der Waals surface area contributed by atoms with E-state index in [9.17, 15) is 24.3 Å². The molecule has 0 aliphatic carbocycles. The first kappa shape index (κ1) is 21.8. The summed E-state index contributed by atoms with van der Waals surface area (Å²) in [5.74, 6) is -3.68. The fourth-order valence-electron chi connectivity index (χ4n) is 1.93. The van der Waals surface area contributed by atoms with Crippen LogP contribution < -0.4 is 22.1 Å². The lowest BCUT2D eigenvalue weighted by Crippen LogP contribution is -2.57. The Labute approximate surface area is 139 Å². The Morgan fingerprint density at radius 1 is 1.04 bits per heavy atom. The number of nitrogens with two attached hydrogens (primary N) is 2. The first-order chi connectivity index (χ1) is 11.0. The number of nitrogens with one attached hydrogen (secondary N) is 2. The maximum atomic E-state index is 12.2. The molecule has 0 aliphatic rings. The smallest absolute Gasteiger partial charge is 0.328 e. The zero-order valence-corrected chi connectivity index (χ0v) is 14.0. The highest BCUT2D eigenvalue weighted by atomic mass is 16.4. The molecule has 0 saturated heterocycles. The molecular weight excluding hydrogens is 320 g/mol. The SMILES string of the molecule is CC(C)CC(NC(=O)C(N)CC(N)=O)C(=O)NC(C(=O)O)C(C)O. The number of carboxylic acid groups (broad SMARTS) is 1. The van der Waals surface area contributed by atoms with E-state index in [0.29, 0.717) is 0 Å². The molecule has 0 bridgehead atoms. The molecule has 0 aliphatic heterocycles. The molecule has 10 heteroatoms. The molecule has 0 radical (unpaired) electrons. The molecule has 4 unspecified atom stereocenters. The minimum Gasteiger partial charge on any atom is -0.480 e. The van der Waals surface area contributed by atoms with Gasteiger partial charge in [0.15, 0.2) is 6.04 Å². The summed E-state index contributed by atoms with van der Waals surface area (Å²) in [5, 5.41) is 23.0. The van der Waals surface area contributed by atoms with E-state index in [2.05, 4.69) is 10.6 Å². The topological polar surface area (TPSA) is 185 Å². The Hall–Kier alpha value is -2.20. The Morgan fingerprint density at radius 2 is 1.58 bits per heavy atom. The quantitative estimate of drug-likeness (QED) is 0.256. The molecule has 0 saturated carbocycles. The van der Waals surface area contributed by atoms with E-state index >= 15 is 0 Å². The second-order valence-electron chi connectivity index (χ2n) is 6.03. The van der Waals surface area contributed by atoms with Crippen LogP contribution in [0.4, 0.5) is 0 Å². The van der Waals surface area contributed by atoms with Gasteiger partial charge in [0.05, 0.1) is 18.6 Å². The van der Waals surface area contributed by atoms with Crippen LogP contribution in [0.5, 0.6) is 0 Å². The van der Waals surface area contributed by atoms with Crippen LogP contribution in [-0.4, -0.2) is 58.1 Å². The molecule has 10 nitrogen and oxygen atoms in total. The van der Waals surface area contributed by atoms with Crippen molar-refractivity contribution in [3.8, 4) is 0 Å². The zero-order valence-electron chi connectivity index (χ0n) is 14.0. The Kier molecular flexibility index (Phi) is 8.93. The van der Waals surface area contributed by atoms with E-state index < -0.39 is 47.9 Å². The van der Waals surface area contributed by atoms with Crippen LogP contribution in [0.1, 0.15) is 33.6 Å². The van der Waals surface area contributed by atoms with Crippen molar-refractivity contribution in [2.75, 3.05) is 0 Å². The van der Waals surface area contributed by atoms with E-state index in [1.54, 1.807) is 13.8 Å². The third kappa shape index (κ3) is 7.88. The molecule has 0 aromatic heterocycles. The monoisotopic (exact) mass is 346 g/mol. The summed E-state index contributed by atoms with van der Waals surface area (Å²) in [6.07, 6.45) is -1.49. The normalized spacial score (nSPS) is 15.9. The van der Waals surface area contributed by atoms with Crippen LogP contribution in [0.25, 0.3) is 0 Å². The number of hydrogen-bond acceptors (Lipinski definition) is 6. The highest BCUT2D eigenvalue weighted by Gasteiger charge is 2.30. The van der Waals surface area contributed by atoms with Gasteiger partial charge in [0.1, 0.15) is 6.04 Å². The van der Waals surface area contributed by atoms with Gasteiger partial charge in [-0.1, -0.05) is 13.8 Å². The summed E-state index contributed by atoms with van der Waals surface area (Å²) in [6, 6.07) is -3.78. The third-order valence-electron chi connectivity index (χ3n) is 3.14. The molecule has 0 spiro atoms. The van der Waals surface area contributed by atoms with Crippen molar-refractivity contribution < 1.29 is 29.4 Å². The molecule has 0 aromatic carbocycles. The molecule has 8 N–H and O–H groups in total. The van der Waals surface area contributed by atoms with E-state index in [1.807, 2.05) is 0 Å². The number of aliphatic hydroxyl groups excluding tert-OH is 1. The van der Waals surface area contributed by atoms with Crippen LogP contribution in [0.15, 0.2) is 0 Å². The van der Waals surface area contributed by atoms with Crippen LogP contribution in [0.3, 0.4) is 0 Å². The summed E-state index contributed by atoms with van der Waals surface area (Å²) in [7, 11) is 0. The fraction of sp³-hybridized carbons (Fsp3) is 0.714. The van der Waals surface area contributed by atoms with Crippen molar-refractivity contribution in [2.24, 2.45) is 17.4 Å². The van der Waals surface area contributed by atoms with Gasteiger partial charge < -0.3 is 32.3 Å². The number of hydrogen-bond donors (Lipinski definition) is 6. The van der Waals surface area contributed by atoms with Gasteiger partial charge in [-0.15, -0.1) is 0 Å². The molecule has 0 rings (SSSR count). The van der Waals surface area contributed by atoms with Gasteiger partial charge in [-0.25, -0.2) is 4.79 Å².